The molecule has 2 aromatic heterocycles. The van der Waals surface area contributed by atoms with Crippen LogP contribution in [0, 0.1) is 5.41 Å². The molecule has 6 heteroatoms. The van der Waals surface area contributed by atoms with E-state index in [0.717, 1.165) is 5.82 Å². The predicted octanol–water partition coefficient (Wildman–Crippen LogP) is 1.97. The first-order valence-corrected chi connectivity index (χ1v) is 6.86. The predicted molar refractivity (Wildman–Crippen MR) is 82.0 cm³/mol. The Balaban J connectivity index is 1.96. The molecule has 0 aliphatic rings. The lowest BCUT2D eigenvalue weighted by atomic mass is 9.85. The highest BCUT2D eigenvalue weighted by Gasteiger charge is 2.23. The van der Waals surface area contributed by atoms with Gasteiger partial charge < -0.3 is 11.1 Å². The lowest BCUT2D eigenvalue weighted by Crippen LogP contribution is -2.38. The first-order valence-electron chi connectivity index (χ1n) is 6.86. The molecule has 0 saturated carbocycles. The van der Waals surface area contributed by atoms with Crippen molar-refractivity contribution in [2.24, 2.45) is 11.1 Å². The van der Waals surface area contributed by atoms with Gasteiger partial charge in [-0.1, -0.05) is 20.8 Å². The molecule has 2 aromatic rings. The van der Waals surface area contributed by atoms with Crippen LogP contribution in [0.4, 0.5) is 5.69 Å². The van der Waals surface area contributed by atoms with Crippen molar-refractivity contribution < 1.29 is 4.79 Å². The molecule has 0 bridgehead atoms. The molecule has 2 rings (SSSR count). The molecule has 0 aliphatic heterocycles. The molecule has 1 unspecified atom stereocenters. The smallest absolute Gasteiger partial charge is 0.225 e. The van der Waals surface area contributed by atoms with Crippen LogP contribution >= 0.6 is 0 Å². The van der Waals surface area contributed by atoms with Gasteiger partial charge in [-0.3, -0.25) is 9.36 Å². The van der Waals surface area contributed by atoms with Gasteiger partial charge in [0, 0.05) is 24.9 Å². The van der Waals surface area contributed by atoms with Crippen LogP contribution in [-0.2, 0) is 4.79 Å². The average molecular weight is 287 g/mol. The highest BCUT2D eigenvalue weighted by atomic mass is 16.1. The summed E-state index contributed by atoms with van der Waals surface area (Å²) in [5, 5.41) is 2.81. The van der Waals surface area contributed by atoms with Crippen molar-refractivity contribution in [3.8, 4) is 5.82 Å². The van der Waals surface area contributed by atoms with E-state index in [1.54, 1.807) is 23.3 Å². The fourth-order valence-electron chi connectivity index (χ4n) is 1.73. The Labute approximate surface area is 124 Å². The number of hydrogen-bond acceptors (Lipinski definition) is 4. The fourth-order valence-corrected chi connectivity index (χ4v) is 1.73. The van der Waals surface area contributed by atoms with Gasteiger partial charge in [0.2, 0.25) is 5.91 Å². The summed E-state index contributed by atoms with van der Waals surface area (Å²) in [4.78, 5) is 20.2. The van der Waals surface area contributed by atoms with Gasteiger partial charge in [0.05, 0.1) is 11.9 Å². The number of imidazole rings is 1. The fraction of sp³-hybridized carbons (Fsp3) is 0.400. The number of anilines is 1. The zero-order valence-electron chi connectivity index (χ0n) is 12.6. The normalized spacial score (nSPS) is 13.0. The van der Waals surface area contributed by atoms with Gasteiger partial charge in [-0.2, -0.15) is 0 Å². The zero-order chi connectivity index (χ0) is 15.5. The Morgan fingerprint density at radius 3 is 2.71 bits per heavy atom. The van der Waals surface area contributed by atoms with E-state index in [-0.39, 0.29) is 23.8 Å². The van der Waals surface area contributed by atoms with E-state index in [1.165, 1.54) is 0 Å². The summed E-state index contributed by atoms with van der Waals surface area (Å²) in [6, 6.07) is 3.44. The molecule has 0 spiro atoms. The highest BCUT2D eigenvalue weighted by Crippen LogP contribution is 2.20. The van der Waals surface area contributed by atoms with E-state index in [9.17, 15) is 4.79 Å². The Morgan fingerprint density at radius 2 is 2.19 bits per heavy atom. The Morgan fingerprint density at radius 1 is 1.43 bits per heavy atom. The lowest BCUT2D eigenvalue weighted by molar-refractivity contribution is -0.117. The molecule has 0 aromatic carbocycles. The molecular formula is C15H21N5O. The van der Waals surface area contributed by atoms with Crippen molar-refractivity contribution in [3.63, 3.8) is 0 Å². The minimum atomic E-state index is -0.185. The lowest BCUT2D eigenvalue weighted by Gasteiger charge is -2.26. The van der Waals surface area contributed by atoms with Crippen molar-refractivity contribution >= 4 is 11.6 Å². The number of aromatic nitrogens is 3. The summed E-state index contributed by atoms with van der Waals surface area (Å²) in [6.45, 7) is 6.06. The number of carbonyl (C=O) groups excluding carboxylic acids is 1. The summed E-state index contributed by atoms with van der Waals surface area (Å²) < 4.78 is 1.79. The number of rotatable bonds is 4. The standard InChI is InChI=1S/C15H21N5O/c1-15(2,3)12(16)8-14(21)19-11-4-5-13(18-9-11)20-7-6-17-10-20/h4-7,9-10,12H,8,16H2,1-3H3,(H,19,21). The number of nitrogens with two attached hydrogens (primary N) is 1. The van der Waals surface area contributed by atoms with Crippen LogP contribution in [0.3, 0.4) is 0 Å². The highest BCUT2D eigenvalue weighted by molar-refractivity contribution is 5.91. The first-order chi connectivity index (χ1) is 9.86. The number of nitrogens with one attached hydrogen (secondary N) is 1. The SMILES string of the molecule is CC(C)(C)C(N)CC(=O)Nc1ccc(-n2ccnc2)nc1. The minimum absolute atomic E-state index is 0.0964. The van der Waals surface area contributed by atoms with Crippen molar-refractivity contribution in [3.05, 3.63) is 37.1 Å². The van der Waals surface area contributed by atoms with Gasteiger partial charge in [-0.15, -0.1) is 0 Å². The van der Waals surface area contributed by atoms with Crippen molar-refractivity contribution in [2.45, 2.75) is 33.2 Å². The van der Waals surface area contributed by atoms with Crippen LogP contribution in [0.15, 0.2) is 37.1 Å². The molecule has 2 heterocycles. The van der Waals surface area contributed by atoms with E-state index in [4.69, 9.17) is 5.73 Å². The van der Waals surface area contributed by atoms with Gasteiger partial charge in [0.1, 0.15) is 12.1 Å². The maximum Gasteiger partial charge on any atom is 0.225 e. The van der Waals surface area contributed by atoms with Crippen molar-refractivity contribution in [2.75, 3.05) is 5.32 Å². The van der Waals surface area contributed by atoms with Gasteiger partial charge in [0.25, 0.3) is 0 Å². The Kier molecular flexibility index (Phi) is 4.37. The molecule has 0 radical (unpaired) electrons. The number of amides is 1. The Bertz CT molecular complexity index is 584. The average Bonchev–Trinajstić information content (AvgIpc) is 2.92. The second-order valence-electron chi connectivity index (χ2n) is 6.10. The molecule has 1 atom stereocenters. The second kappa shape index (κ2) is 6.05. The molecule has 0 aliphatic carbocycles. The van der Waals surface area contributed by atoms with Crippen LogP contribution in [0.5, 0.6) is 0 Å². The topological polar surface area (TPSA) is 85.8 Å². The largest absolute Gasteiger partial charge is 0.327 e. The van der Waals surface area contributed by atoms with Crippen LogP contribution in [0.2, 0.25) is 0 Å². The van der Waals surface area contributed by atoms with Crippen LogP contribution in [0.25, 0.3) is 5.82 Å². The van der Waals surface area contributed by atoms with E-state index in [1.807, 2.05) is 39.1 Å². The van der Waals surface area contributed by atoms with Crippen LogP contribution < -0.4 is 11.1 Å². The van der Waals surface area contributed by atoms with Gasteiger partial charge >= 0.3 is 0 Å². The molecule has 0 saturated heterocycles. The van der Waals surface area contributed by atoms with E-state index in [0.29, 0.717) is 5.69 Å². The summed E-state index contributed by atoms with van der Waals surface area (Å²) in [7, 11) is 0. The zero-order valence-corrected chi connectivity index (χ0v) is 12.6. The summed E-state index contributed by atoms with van der Waals surface area (Å²) in [6.07, 6.45) is 7.07. The van der Waals surface area contributed by atoms with Crippen molar-refractivity contribution in [1.29, 1.82) is 0 Å². The maximum atomic E-state index is 11.9. The monoisotopic (exact) mass is 287 g/mol. The summed E-state index contributed by atoms with van der Waals surface area (Å²) in [5.41, 5.74) is 6.57. The quantitative estimate of drug-likeness (QED) is 0.900. The molecule has 3 N–H and O–H groups in total. The maximum absolute atomic E-state index is 11.9. The molecule has 1 amide bonds. The van der Waals surface area contributed by atoms with Gasteiger partial charge in [0.15, 0.2) is 0 Å². The molecule has 0 fully saturated rings. The summed E-state index contributed by atoms with van der Waals surface area (Å²) >= 11 is 0. The number of carbonyl (C=O) groups is 1. The third-order valence-corrected chi connectivity index (χ3v) is 3.32. The molecular weight excluding hydrogens is 266 g/mol. The first kappa shape index (κ1) is 15.2. The molecule has 6 nitrogen and oxygen atoms in total. The third-order valence-electron chi connectivity index (χ3n) is 3.32. The molecule has 21 heavy (non-hydrogen) atoms. The Hall–Kier alpha value is -2.21. The number of pyridine rings is 1. The van der Waals surface area contributed by atoms with E-state index < -0.39 is 0 Å². The number of nitrogens with zero attached hydrogens (tertiary/aromatic N) is 3. The number of hydrogen-bond donors (Lipinski definition) is 2. The van der Waals surface area contributed by atoms with Crippen LogP contribution in [0.1, 0.15) is 27.2 Å². The van der Waals surface area contributed by atoms with E-state index in [2.05, 4.69) is 15.3 Å². The van der Waals surface area contributed by atoms with Gasteiger partial charge in [-0.25, -0.2) is 9.97 Å². The molecule has 112 valence electrons. The second-order valence-corrected chi connectivity index (χ2v) is 6.10. The van der Waals surface area contributed by atoms with Gasteiger partial charge in [-0.05, 0) is 17.5 Å². The summed E-state index contributed by atoms with van der Waals surface area (Å²) in [5.74, 6) is 0.645. The van der Waals surface area contributed by atoms with Crippen molar-refractivity contribution in [1.82, 2.24) is 14.5 Å². The van der Waals surface area contributed by atoms with E-state index >= 15 is 0 Å². The minimum Gasteiger partial charge on any atom is -0.327 e. The van der Waals surface area contributed by atoms with Crippen LogP contribution in [-0.4, -0.2) is 26.5 Å². The third kappa shape index (κ3) is 4.13.